The number of aromatic nitrogens is 1. The molecule has 98 valence electrons. The summed E-state index contributed by atoms with van der Waals surface area (Å²) in [6, 6.07) is 7.88. The molecule has 1 saturated heterocycles. The Bertz CT molecular complexity index is 531. The van der Waals surface area contributed by atoms with Gasteiger partial charge in [0.1, 0.15) is 0 Å². The Hall–Kier alpha value is -1.68. The molecule has 1 aliphatic rings. The third-order valence-electron chi connectivity index (χ3n) is 3.65. The van der Waals surface area contributed by atoms with Crippen LogP contribution in [0.25, 0.3) is 0 Å². The number of amides is 1. The fourth-order valence-corrected chi connectivity index (χ4v) is 3.47. The minimum atomic E-state index is 0.132. The van der Waals surface area contributed by atoms with Crippen molar-refractivity contribution in [2.75, 3.05) is 13.1 Å². The van der Waals surface area contributed by atoms with Gasteiger partial charge in [0, 0.05) is 35.9 Å². The maximum Gasteiger partial charge on any atom is 0.253 e. The zero-order valence-electron chi connectivity index (χ0n) is 10.7. The fourth-order valence-electron chi connectivity index (χ4n) is 2.57. The summed E-state index contributed by atoms with van der Waals surface area (Å²) in [7, 11) is 0. The van der Waals surface area contributed by atoms with Gasteiger partial charge in [-0.3, -0.25) is 9.78 Å². The predicted molar refractivity (Wildman–Crippen MR) is 76.4 cm³/mol. The first-order chi connectivity index (χ1) is 9.34. The van der Waals surface area contributed by atoms with E-state index in [4.69, 9.17) is 0 Å². The van der Waals surface area contributed by atoms with E-state index in [0.717, 1.165) is 31.5 Å². The lowest BCUT2D eigenvalue weighted by Gasteiger charge is -2.31. The molecule has 0 saturated carbocycles. The molecule has 0 N–H and O–H groups in total. The zero-order valence-corrected chi connectivity index (χ0v) is 11.5. The highest BCUT2D eigenvalue weighted by Gasteiger charge is 2.24. The first-order valence-electron chi connectivity index (χ1n) is 6.57. The van der Waals surface area contributed by atoms with Crippen molar-refractivity contribution in [1.82, 2.24) is 9.88 Å². The Morgan fingerprint density at radius 2 is 1.95 bits per heavy atom. The number of piperidine rings is 1. The second-order valence-corrected chi connectivity index (χ2v) is 5.80. The second-order valence-electron chi connectivity index (χ2n) is 4.82. The molecule has 4 heteroatoms. The van der Waals surface area contributed by atoms with Gasteiger partial charge in [0.25, 0.3) is 5.91 Å². The van der Waals surface area contributed by atoms with Crippen LogP contribution in [0.5, 0.6) is 0 Å². The molecule has 0 radical (unpaired) electrons. The van der Waals surface area contributed by atoms with Crippen molar-refractivity contribution in [3.63, 3.8) is 0 Å². The van der Waals surface area contributed by atoms with Crippen LogP contribution in [0, 0.1) is 0 Å². The molecule has 0 spiro atoms. The second kappa shape index (κ2) is 5.53. The molecule has 2 aromatic rings. The van der Waals surface area contributed by atoms with Crippen LogP contribution in [0.3, 0.4) is 0 Å². The van der Waals surface area contributed by atoms with E-state index >= 15 is 0 Å². The summed E-state index contributed by atoms with van der Waals surface area (Å²) >= 11 is 1.82. The van der Waals surface area contributed by atoms with Crippen LogP contribution >= 0.6 is 11.3 Å². The summed E-state index contributed by atoms with van der Waals surface area (Å²) in [5, 5.41) is 2.13. The maximum atomic E-state index is 12.3. The normalized spacial score (nSPS) is 16.5. The molecule has 3 rings (SSSR count). The highest BCUT2D eigenvalue weighted by molar-refractivity contribution is 7.10. The summed E-state index contributed by atoms with van der Waals surface area (Å²) in [6.45, 7) is 1.70. The molecule has 0 atom stereocenters. The van der Waals surface area contributed by atoms with Crippen LogP contribution in [0.2, 0.25) is 0 Å². The van der Waals surface area contributed by atoms with E-state index in [1.165, 1.54) is 4.88 Å². The molecule has 0 bridgehead atoms. The van der Waals surface area contributed by atoms with Gasteiger partial charge in [-0.25, -0.2) is 0 Å². The minimum Gasteiger partial charge on any atom is -0.339 e. The van der Waals surface area contributed by atoms with E-state index < -0.39 is 0 Å². The smallest absolute Gasteiger partial charge is 0.253 e. The Kier molecular flexibility index (Phi) is 3.60. The number of carbonyl (C=O) groups is 1. The molecule has 0 aromatic carbocycles. The van der Waals surface area contributed by atoms with Crippen molar-refractivity contribution in [1.29, 1.82) is 0 Å². The van der Waals surface area contributed by atoms with E-state index in [1.54, 1.807) is 24.5 Å². The number of hydrogen-bond donors (Lipinski definition) is 0. The van der Waals surface area contributed by atoms with Crippen molar-refractivity contribution in [3.8, 4) is 0 Å². The Morgan fingerprint density at radius 3 is 2.58 bits per heavy atom. The van der Waals surface area contributed by atoms with E-state index in [1.807, 2.05) is 16.2 Å². The van der Waals surface area contributed by atoms with Crippen molar-refractivity contribution >= 4 is 17.2 Å². The topological polar surface area (TPSA) is 33.2 Å². The lowest BCUT2D eigenvalue weighted by molar-refractivity contribution is 0.0713. The van der Waals surface area contributed by atoms with Crippen molar-refractivity contribution in [2.45, 2.75) is 18.8 Å². The number of thiophene rings is 1. The zero-order chi connectivity index (χ0) is 13.1. The Balaban J connectivity index is 1.63. The number of nitrogens with zero attached hydrogens (tertiary/aromatic N) is 2. The van der Waals surface area contributed by atoms with E-state index in [0.29, 0.717) is 5.92 Å². The van der Waals surface area contributed by atoms with E-state index in [-0.39, 0.29) is 5.91 Å². The van der Waals surface area contributed by atoms with Gasteiger partial charge in [0.05, 0.1) is 0 Å². The van der Waals surface area contributed by atoms with Crippen molar-refractivity contribution < 1.29 is 4.79 Å². The summed E-state index contributed by atoms with van der Waals surface area (Å²) in [6.07, 6.45) is 5.48. The fraction of sp³-hybridized carbons (Fsp3) is 0.333. The molecule has 1 aliphatic heterocycles. The summed E-state index contributed by atoms with van der Waals surface area (Å²) < 4.78 is 0. The molecular formula is C15H16N2OS. The van der Waals surface area contributed by atoms with Crippen LogP contribution in [0.4, 0.5) is 0 Å². The maximum absolute atomic E-state index is 12.3. The Labute approximate surface area is 116 Å². The quantitative estimate of drug-likeness (QED) is 0.841. The average Bonchev–Trinajstić information content (AvgIpc) is 3.02. The highest BCUT2D eigenvalue weighted by Crippen LogP contribution is 2.31. The van der Waals surface area contributed by atoms with Crippen LogP contribution in [-0.4, -0.2) is 28.9 Å². The van der Waals surface area contributed by atoms with Crippen LogP contribution in [-0.2, 0) is 0 Å². The van der Waals surface area contributed by atoms with Gasteiger partial charge >= 0.3 is 0 Å². The third kappa shape index (κ3) is 2.68. The van der Waals surface area contributed by atoms with E-state index in [9.17, 15) is 4.79 Å². The van der Waals surface area contributed by atoms with Gasteiger partial charge in [-0.15, -0.1) is 11.3 Å². The molecule has 1 amide bonds. The van der Waals surface area contributed by atoms with E-state index in [2.05, 4.69) is 22.5 Å². The summed E-state index contributed by atoms with van der Waals surface area (Å²) in [5.41, 5.74) is 0.740. The number of carbonyl (C=O) groups excluding carboxylic acids is 1. The largest absolute Gasteiger partial charge is 0.339 e. The van der Waals surface area contributed by atoms with Crippen LogP contribution < -0.4 is 0 Å². The first kappa shape index (κ1) is 12.4. The molecule has 3 heterocycles. The SMILES string of the molecule is O=C(c1ccncc1)N1CCC(c2cccs2)CC1. The average molecular weight is 272 g/mol. The number of pyridine rings is 1. The van der Waals surface area contributed by atoms with Gasteiger partial charge in [-0.1, -0.05) is 6.07 Å². The van der Waals surface area contributed by atoms with Crippen molar-refractivity contribution in [2.24, 2.45) is 0 Å². The lowest BCUT2D eigenvalue weighted by atomic mass is 9.95. The lowest BCUT2D eigenvalue weighted by Crippen LogP contribution is -2.37. The summed E-state index contributed by atoms with van der Waals surface area (Å²) in [5.74, 6) is 0.758. The molecule has 3 nitrogen and oxygen atoms in total. The van der Waals surface area contributed by atoms with Crippen LogP contribution in [0.15, 0.2) is 42.0 Å². The summed E-state index contributed by atoms with van der Waals surface area (Å²) in [4.78, 5) is 19.7. The molecule has 2 aromatic heterocycles. The minimum absolute atomic E-state index is 0.132. The molecule has 0 aliphatic carbocycles. The number of likely N-dealkylation sites (tertiary alicyclic amines) is 1. The van der Waals surface area contributed by atoms with Gasteiger partial charge < -0.3 is 4.90 Å². The van der Waals surface area contributed by atoms with Crippen molar-refractivity contribution in [3.05, 3.63) is 52.5 Å². The predicted octanol–water partition coefficient (Wildman–Crippen LogP) is 3.16. The van der Waals surface area contributed by atoms with Gasteiger partial charge in [-0.2, -0.15) is 0 Å². The number of rotatable bonds is 2. The molecule has 0 unspecified atom stereocenters. The van der Waals surface area contributed by atoms with Gasteiger partial charge in [-0.05, 0) is 42.3 Å². The van der Waals surface area contributed by atoms with Crippen LogP contribution in [0.1, 0.15) is 34.0 Å². The number of hydrogen-bond acceptors (Lipinski definition) is 3. The molecular weight excluding hydrogens is 256 g/mol. The van der Waals surface area contributed by atoms with Gasteiger partial charge in [0.15, 0.2) is 0 Å². The van der Waals surface area contributed by atoms with Gasteiger partial charge in [0.2, 0.25) is 0 Å². The highest BCUT2D eigenvalue weighted by atomic mass is 32.1. The molecule has 19 heavy (non-hydrogen) atoms. The third-order valence-corrected chi connectivity index (χ3v) is 4.69. The monoisotopic (exact) mass is 272 g/mol. The molecule has 1 fully saturated rings. The standard InChI is InChI=1S/C15H16N2OS/c18-15(13-3-7-16-8-4-13)17-9-5-12(6-10-17)14-2-1-11-19-14/h1-4,7-8,11-12H,5-6,9-10H2. The first-order valence-corrected chi connectivity index (χ1v) is 7.45. The Morgan fingerprint density at radius 1 is 1.21 bits per heavy atom.